The van der Waals surface area contributed by atoms with Crippen molar-refractivity contribution in [3.8, 4) is 0 Å². The number of hydrogen-bond acceptors (Lipinski definition) is 3. The van der Waals surface area contributed by atoms with E-state index in [9.17, 15) is 9.18 Å². The number of halogens is 4. The summed E-state index contributed by atoms with van der Waals surface area (Å²) in [4.78, 5) is 11.7. The molecule has 2 aromatic rings. The molecule has 0 spiro atoms. The number of benzene rings is 2. The van der Waals surface area contributed by atoms with Gasteiger partial charge in [-0.05, 0) is 77.6 Å². The van der Waals surface area contributed by atoms with Crippen LogP contribution in [0.15, 0.2) is 54.9 Å². The van der Waals surface area contributed by atoms with Gasteiger partial charge in [-0.25, -0.2) is 9.82 Å². The van der Waals surface area contributed by atoms with Gasteiger partial charge in [0.15, 0.2) is 0 Å². The Morgan fingerprint density at radius 2 is 1.74 bits per heavy atom. The lowest BCUT2D eigenvalue weighted by atomic mass is 10.2. The molecule has 2 aromatic carbocycles. The van der Waals surface area contributed by atoms with E-state index in [-0.39, 0.29) is 18.3 Å². The molecule has 2 rings (SSSR count). The highest BCUT2D eigenvalue weighted by molar-refractivity contribution is 9.13. The maximum absolute atomic E-state index is 12.8. The fraction of sp³-hybridized carbons (Fsp3) is 0.0667. The molecule has 0 aromatic heterocycles. The van der Waals surface area contributed by atoms with Crippen LogP contribution in [0.25, 0.3) is 0 Å². The number of carbonyl (C=O) groups is 1. The van der Waals surface area contributed by atoms with Crippen LogP contribution in [0.5, 0.6) is 0 Å². The molecule has 0 radical (unpaired) electrons. The number of hydrogen-bond donors (Lipinski definition) is 2. The second-order valence-corrected chi connectivity index (χ2v) is 7.01. The minimum atomic E-state index is -0.318. The largest absolute Gasteiger partial charge is 0.375 e. The Kier molecular flexibility index (Phi) is 6.73. The maximum Gasteiger partial charge on any atom is 0.259 e. The minimum Gasteiger partial charge on any atom is -0.375 e. The second kappa shape index (κ2) is 8.56. The summed E-state index contributed by atoms with van der Waals surface area (Å²) in [6.07, 6.45) is 1.45. The first kappa shape index (κ1) is 18.1. The normalized spacial score (nSPS) is 10.8. The number of rotatable bonds is 5. The topological polar surface area (TPSA) is 53.5 Å². The van der Waals surface area contributed by atoms with Crippen molar-refractivity contribution in [3.05, 3.63) is 61.2 Å². The van der Waals surface area contributed by atoms with E-state index in [1.807, 2.05) is 12.1 Å². The molecule has 0 bridgehead atoms. The standard InChI is InChI=1S/C15H11Br3FN3O/c16-11-5-13(18)14(6-12(11)17)20-8-15(23)22-21-7-9-1-3-10(19)4-2-9/h1-7,20H,8H2,(H,22,23). The van der Waals surface area contributed by atoms with Gasteiger partial charge in [-0.1, -0.05) is 12.1 Å². The van der Waals surface area contributed by atoms with E-state index in [1.165, 1.54) is 18.3 Å². The van der Waals surface area contributed by atoms with Gasteiger partial charge in [0.05, 0.1) is 18.4 Å². The number of hydrazone groups is 1. The van der Waals surface area contributed by atoms with Crippen LogP contribution in [0.4, 0.5) is 10.1 Å². The van der Waals surface area contributed by atoms with Crippen LogP contribution in [0.3, 0.4) is 0 Å². The van der Waals surface area contributed by atoms with Gasteiger partial charge in [-0.15, -0.1) is 0 Å². The molecule has 8 heteroatoms. The van der Waals surface area contributed by atoms with Gasteiger partial charge in [0, 0.05) is 13.4 Å². The van der Waals surface area contributed by atoms with Crippen LogP contribution in [0, 0.1) is 5.82 Å². The molecule has 0 heterocycles. The monoisotopic (exact) mass is 505 g/mol. The van der Waals surface area contributed by atoms with Crippen molar-refractivity contribution < 1.29 is 9.18 Å². The first-order chi connectivity index (χ1) is 11.0. The van der Waals surface area contributed by atoms with Crippen molar-refractivity contribution in [1.82, 2.24) is 5.43 Å². The molecular formula is C15H11Br3FN3O. The van der Waals surface area contributed by atoms with Crippen molar-refractivity contribution in [3.63, 3.8) is 0 Å². The van der Waals surface area contributed by atoms with Gasteiger partial charge in [-0.2, -0.15) is 5.10 Å². The Morgan fingerprint density at radius 3 is 2.43 bits per heavy atom. The molecule has 0 fully saturated rings. The third kappa shape index (κ3) is 5.71. The fourth-order valence-corrected chi connectivity index (χ4v) is 3.08. The average molecular weight is 508 g/mol. The quantitative estimate of drug-likeness (QED) is 0.351. The number of anilines is 1. The van der Waals surface area contributed by atoms with Crippen molar-refractivity contribution in [1.29, 1.82) is 0 Å². The summed E-state index contributed by atoms with van der Waals surface area (Å²) in [6, 6.07) is 9.51. The van der Waals surface area contributed by atoms with Crippen molar-refractivity contribution in [2.45, 2.75) is 0 Å². The Bertz CT molecular complexity index is 735. The molecule has 1 amide bonds. The Morgan fingerprint density at radius 1 is 1.09 bits per heavy atom. The molecule has 0 saturated heterocycles. The van der Waals surface area contributed by atoms with Gasteiger partial charge in [-0.3, -0.25) is 4.79 Å². The van der Waals surface area contributed by atoms with Crippen LogP contribution < -0.4 is 10.7 Å². The summed E-state index contributed by atoms with van der Waals surface area (Å²) in [5, 5.41) is 6.83. The summed E-state index contributed by atoms with van der Waals surface area (Å²) < 4.78 is 15.4. The van der Waals surface area contributed by atoms with E-state index in [0.717, 1.165) is 19.1 Å². The molecule has 0 aliphatic carbocycles. The number of carbonyl (C=O) groups excluding carboxylic acids is 1. The fourth-order valence-electron chi connectivity index (χ4n) is 1.60. The van der Waals surface area contributed by atoms with E-state index < -0.39 is 0 Å². The predicted molar refractivity (Wildman–Crippen MR) is 100 cm³/mol. The van der Waals surface area contributed by atoms with E-state index in [4.69, 9.17) is 0 Å². The molecule has 0 unspecified atom stereocenters. The van der Waals surface area contributed by atoms with Crippen molar-refractivity contribution in [2.75, 3.05) is 11.9 Å². The number of amides is 1. The average Bonchev–Trinajstić information content (AvgIpc) is 2.51. The highest BCUT2D eigenvalue weighted by atomic mass is 79.9. The van der Waals surface area contributed by atoms with E-state index in [2.05, 4.69) is 63.6 Å². The predicted octanol–water partition coefficient (Wildman–Crippen LogP) is 4.68. The van der Waals surface area contributed by atoms with Gasteiger partial charge in [0.2, 0.25) is 0 Å². The SMILES string of the molecule is O=C(CNc1cc(Br)c(Br)cc1Br)NN=Cc1ccc(F)cc1. The van der Waals surface area contributed by atoms with Gasteiger partial charge < -0.3 is 5.32 Å². The molecule has 0 saturated carbocycles. The Balaban J connectivity index is 1.86. The molecule has 120 valence electrons. The van der Waals surface area contributed by atoms with E-state index in [0.29, 0.717) is 5.56 Å². The zero-order chi connectivity index (χ0) is 16.8. The van der Waals surface area contributed by atoms with Crippen molar-refractivity contribution >= 4 is 65.6 Å². The van der Waals surface area contributed by atoms with Gasteiger partial charge in [0.1, 0.15) is 5.82 Å². The first-order valence-corrected chi connectivity index (χ1v) is 8.79. The summed E-state index contributed by atoms with van der Waals surface area (Å²) in [6.45, 7) is 0.0629. The molecular weight excluding hydrogens is 497 g/mol. The molecule has 4 nitrogen and oxygen atoms in total. The molecule has 0 aliphatic heterocycles. The van der Waals surface area contributed by atoms with Crippen LogP contribution >= 0.6 is 47.8 Å². The lowest BCUT2D eigenvalue weighted by Gasteiger charge is -2.09. The lowest BCUT2D eigenvalue weighted by Crippen LogP contribution is -2.26. The van der Waals surface area contributed by atoms with Crippen molar-refractivity contribution in [2.24, 2.45) is 5.10 Å². The van der Waals surface area contributed by atoms with Crippen LogP contribution in [0.2, 0.25) is 0 Å². The van der Waals surface area contributed by atoms with Gasteiger partial charge in [0.25, 0.3) is 5.91 Å². The zero-order valence-corrected chi connectivity index (χ0v) is 16.4. The minimum absolute atomic E-state index is 0.0629. The summed E-state index contributed by atoms with van der Waals surface area (Å²) in [5.41, 5.74) is 3.87. The van der Waals surface area contributed by atoms with Crippen LogP contribution in [0.1, 0.15) is 5.56 Å². The second-order valence-electron chi connectivity index (χ2n) is 4.44. The van der Waals surface area contributed by atoms with E-state index in [1.54, 1.807) is 12.1 Å². The third-order valence-corrected chi connectivity index (χ3v) is 5.22. The Labute approximate surface area is 157 Å². The summed E-state index contributed by atoms with van der Waals surface area (Å²) in [5.74, 6) is -0.615. The van der Waals surface area contributed by atoms with E-state index >= 15 is 0 Å². The highest BCUT2D eigenvalue weighted by Crippen LogP contribution is 2.32. The highest BCUT2D eigenvalue weighted by Gasteiger charge is 2.06. The number of nitrogens with zero attached hydrogens (tertiary/aromatic N) is 1. The van der Waals surface area contributed by atoms with Crippen LogP contribution in [-0.4, -0.2) is 18.7 Å². The first-order valence-electron chi connectivity index (χ1n) is 6.41. The maximum atomic E-state index is 12.8. The summed E-state index contributed by atoms with van der Waals surface area (Å²) >= 11 is 10.2. The smallest absolute Gasteiger partial charge is 0.259 e. The molecule has 0 aliphatic rings. The number of nitrogens with one attached hydrogen (secondary N) is 2. The van der Waals surface area contributed by atoms with Gasteiger partial charge >= 0.3 is 0 Å². The lowest BCUT2D eigenvalue weighted by molar-refractivity contribution is -0.119. The third-order valence-electron chi connectivity index (χ3n) is 2.72. The summed E-state index contributed by atoms with van der Waals surface area (Å²) in [7, 11) is 0. The molecule has 23 heavy (non-hydrogen) atoms. The van der Waals surface area contributed by atoms with Crippen LogP contribution in [-0.2, 0) is 4.79 Å². The molecule has 0 atom stereocenters. The zero-order valence-electron chi connectivity index (χ0n) is 11.6. The Hall–Kier alpha value is -1.25. The molecule has 2 N–H and O–H groups in total.